The Morgan fingerprint density at radius 2 is 1.96 bits per heavy atom. The molecule has 0 saturated heterocycles. The van der Waals surface area contributed by atoms with Gasteiger partial charge in [-0.15, -0.1) is 0 Å². The molecule has 23 heavy (non-hydrogen) atoms. The molecule has 2 fully saturated rings. The molecule has 0 aromatic heterocycles. The molecule has 4 unspecified atom stereocenters. The third-order valence-electron chi connectivity index (χ3n) is 6.66. The van der Waals surface area contributed by atoms with Gasteiger partial charge in [0.25, 0.3) is 0 Å². The number of rotatable bonds is 3. The molecule has 3 rings (SSSR count). The van der Waals surface area contributed by atoms with Crippen molar-refractivity contribution in [1.29, 1.82) is 0 Å². The van der Waals surface area contributed by atoms with E-state index in [4.69, 9.17) is 4.74 Å². The van der Waals surface area contributed by atoms with Crippen molar-refractivity contribution in [2.45, 2.75) is 52.6 Å². The molecule has 2 nitrogen and oxygen atoms in total. The summed E-state index contributed by atoms with van der Waals surface area (Å²) in [6.45, 7) is 6.95. The fourth-order valence-corrected chi connectivity index (χ4v) is 5.41. The molecule has 4 heteroatoms. The van der Waals surface area contributed by atoms with Crippen LogP contribution in [0.5, 0.6) is 0 Å². The summed E-state index contributed by atoms with van der Waals surface area (Å²) in [5.74, 6) is 0.631. The van der Waals surface area contributed by atoms with Gasteiger partial charge in [0.15, 0.2) is 0 Å². The topological polar surface area (TPSA) is 26.3 Å². The summed E-state index contributed by atoms with van der Waals surface area (Å²) in [6, 6.07) is 0. The quantitative estimate of drug-likeness (QED) is 0.402. The van der Waals surface area contributed by atoms with Gasteiger partial charge in [0.05, 0.1) is 0 Å². The predicted octanol–water partition coefficient (Wildman–Crippen LogP) is 5.88. The molecule has 126 valence electrons. The van der Waals surface area contributed by atoms with E-state index >= 15 is 0 Å². The maximum Gasteiger partial charge on any atom is 0.346 e. The monoisotopic (exact) mass is 442 g/mol. The maximum atomic E-state index is 12.6. The number of carbonyl (C=O) groups is 1. The van der Waals surface area contributed by atoms with E-state index in [1.54, 1.807) is 0 Å². The maximum absolute atomic E-state index is 12.6. The fraction of sp³-hybridized carbons (Fsp3) is 0.632. The number of hydrogen-bond donors (Lipinski definition) is 0. The molecular formula is C19H24Br2O2. The lowest BCUT2D eigenvalue weighted by Gasteiger charge is -2.38. The van der Waals surface area contributed by atoms with Crippen LogP contribution in [0.15, 0.2) is 33.3 Å². The third-order valence-corrected chi connectivity index (χ3v) is 8.93. The first kappa shape index (κ1) is 17.5. The summed E-state index contributed by atoms with van der Waals surface area (Å²) in [4.78, 5) is 12.6. The minimum atomic E-state index is -0.241. The SMILES string of the molecule is CC1(C)C2CCC1(C)C(OC(=O)C(Br)=C(Br)C1C=CC=CC1)C2. The molecule has 3 aliphatic rings. The van der Waals surface area contributed by atoms with Crippen molar-refractivity contribution < 1.29 is 9.53 Å². The van der Waals surface area contributed by atoms with Crippen LogP contribution in [0.4, 0.5) is 0 Å². The first-order valence-corrected chi connectivity index (χ1v) is 9.95. The molecule has 0 aromatic rings. The van der Waals surface area contributed by atoms with Crippen molar-refractivity contribution in [2.24, 2.45) is 22.7 Å². The fourth-order valence-electron chi connectivity index (χ4n) is 4.52. The Bertz CT molecular complexity index is 602. The molecule has 0 amide bonds. The highest BCUT2D eigenvalue weighted by Gasteiger charge is 2.62. The summed E-state index contributed by atoms with van der Waals surface area (Å²) >= 11 is 7.03. The second-order valence-electron chi connectivity index (χ2n) is 7.82. The Morgan fingerprint density at radius 3 is 2.48 bits per heavy atom. The zero-order valence-corrected chi connectivity index (χ0v) is 17.1. The van der Waals surface area contributed by atoms with E-state index in [-0.39, 0.29) is 28.8 Å². The summed E-state index contributed by atoms with van der Waals surface area (Å²) in [5.41, 5.74) is 0.350. The first-order valence-electron chi connectivity index (χ1n) is 8.37. The van der Waals surface area contributed by atoms with Crippen molar-refractivity contribution in [2.75, 3.05) is 0 Å². The number of halogens is 2. The number of ether oxygens (including phenoxy) is 1. The lowest BCUT2D eigenvalue weighted by molar-refractivity contribution is -0.151. The Hall–Kier alpha value is -0.350. The standard InChI is InChI=1S/C19H24Br2O2/c1-18(2)13-9-10-19(18,3)14(11-13)23-17(22)16(21)15(20)12-7-5-4-6-8-12/h4-7,12-14H,8-11H2,1-3H3. The Balaban J connectivity index is 1.73. The molecule has 0 aliphatic heterocycles. The van der Waals surface area contributed by atoms with Gasteiger partial charge < -0.3 is 4.74 Å². The number of hydrogen-bond acceptors (Lipinski definition) is 2. The van der Waals surface area contributed by atoms with Gasteiger partial charge in [-0.25, -0.2) is 4.79 Å². The highest BCUT2D eigenvalue weighted by atomic mass is 79.9. The van der Waals surface area contributed by atoms with Crippen LogP contribution in [0.3, 0.4) is 0 Å². The van der Waals surface area contributed by atoms with Crippen LogP contribution < -0.4 is 0 Å². The molecule has 0 heterocycles. The van der Waals surface area contributed by atoms with Gasteiger partial charge in [-0.05, 0) is 52.9 Å². The minimum Gasteiger partial charge on any atom is -0.458 e. The van der Waals surface area contributed by atoms with Crippen LogP contribution in [-0.4, -0.2) is 12.1 Å². The van der Waals surface area contributed by atoms with Crippen LogP contribution in [0.2, 0.25) is 0 Å². The largest absolute Gasteiger partial charge is 0.458 e. The van der Waals surface area contributed by atoms with E-state index in [0.29, 0.717) is 10.4 Å². The third kappa shape index (κ3) is 2.80. The zero-order chi connectivity index (χ0) is 16.8. The van der Waals surface area contributed by atoms with Crippen LogP contribution in [0, 0.1) is 22.7 Å². The molecule has 0 aromatic carbocycles. The average Bonchev–Trinajstić information content (AvgIpc) is 2.87. The van der Waals surface area contributed by atoms with Crippen molar-refractivity contribution in [3.63, 3.8) is 0 Å². The average molecular weight is 444 g/mol. The van der Waals surface area contributed by atoms with Gasteiger partial charge in [-0.1, -0.05) is 61.0 Å². The van der Waals surface area contributed by atoms with Crippen LogP contribution >= 0.6 is 31.9 Å². The van der Waals surface area contributed by atoms with Crippen LogP contribution in [-0.2, 0) is 9.53 Å². The van der Waals surface area contributed by atoms with E-state index in [9.17, 15) is 4.79 Å². The van der Waals surface area contributed by atoms with E-state index in [2.05, 4.69) is 64.8 Å². The van der Waals surface area contributed by atoms with Crippen LogP contribution in [0.1, 0.15) is 46.5 Å². The number of allylic oxidation sites excluding steroid dienone is 5. The molecule has 3 aliphatic carbocycles. The van der Waals surface area contributed by atoms with Gasteiger partial charge in [-0.2, -0.15) is 0 Å². The molecular weight excluding hydrogens is 420 g/mol. The van der Waals surface area contributed by atoms with Gasteiger partial charge in [0.1, 0.15) is 10.6 Å². The number of fused-ring (bicyclic) bond motifs is 2. The highest BCUT2D eigenvalue weighted by Crippen LogP contribution is 2.66. The van der Waals surface area contributed by atoms with Gasteiger partial charge in [0, 0.05) is 15.8 Å². The highest BCUT2D eigenvalue weighted by molar-refractivity contribution is 9.14. The second kappa shape index (κ2) is 6.18. The smallest absolute Gasteiger partial charge is 0.346 e. The summed E-state index contributed by atoms with van der Waals surface area (Å²) in [5, 5.41) is 0. The van der Waals surface area contributed by atoms with Gasteiger partial charge >= 0.3 is 5.97 Å². The van der Waals surface area contributed by atoms with E-state index < -0.39 is 0 Å². The van der Waals surface area contributed by atoms with Crippen molar-refractivity contribution in [3.8, 4) is 0 Å². The van der Waals surface area contributed by atoms with Crippen molar-refractivity contribution in [1.82, 2.24) is 0 Å². The molecule has 4 atom stereocenters. The number of esters is 1. The Labute approximate surface area is 155 Å². The normalized spacial score (nSPS) is 38.6. The molecule has 2 bridgehead atoms. The second-order valence-corrected chi connectivity index (χ2v) is 9.47. The predicted molar refractivity (Wildman–Crippen MR) is 100 cm³/mol. The van der Waals surface area contributed by atoms with Crippen molar-refractivity contribution >= 4 is 37.8 Å². The Morgan fingerprint density at radius 1 is 1.22 bits per heavy atom. The lowest BCUT2D eigenvalue weighted by Crippen LogP contribution is -2.38. The minimum absolute atomic E-state index is 0.0263. The van der Waals surface area contributed by atoms with Crippen LogP contribution in [0.25, 0.3) is 0 Å². The molecule has 0 spiro atoms. The summed E-state index contributed by atoms with van der Waals surface area (Å²) in [6.07, 6.45) is 12.6. The number of carbonyl (C=O) groups excluding carboxylic acids is 1. The lowest BCUT2D eigenvalue weighted by atomic mass is 9.70. The summed E-state index contributed by atoms with van der Waals surface area (Å²) < 4.78 is 7.33. The van der Waals surface area contributed by atoms with E-state index in [1.165, 1.54) is 6.42 Å². The Kier molecular flexibility index (Phi) is 4.69. The van der Waals surface area contributed by atoms with Gasteiger partial charge in [-0.3, -0.25) is 0 Å². The zero-order valence-electron chi connectivity index (χ0n) is 13.9. The molecule has 2 saturated carbocycles. The molecule has 0 N–H and O–H groups in total. The van der Waals surface area contributed by atoms with E-state index in [0.717, 1.165) is 23.7 Å². The van der Waals surface area contributed by atoms with Crippen molar-refractivity contribution in [3.05, 3.63) is 33.3 Å². The summed E-state index contributed by atoms with van der Waals surface area (Å²) in [7, 11) is 0. The van der Waals surface area contributed by atoms with E-state index in [1.807, 2.05) is 12.2 Å². The van der Waals surface area contributed by atoms with Gasteiger partial charge in [0.2, 0.25) is 0 Å². The molecule has 0 radical (unpaired) electrons. The first-order chi connectivity index (χ1) is 10.8.